The van der Waals surface area contributed by atoms with Crippen LogP contribution in [-0.2, 0) is 9.53 Å². The lowest BCUT2D eigenvalue weighted by molar-refractivity contribution is -0.145. The van der Waals surface area contributed by atoms with Crippen molar-refractivity contribution in [1.29, 1.82) is 0 Å². The van der Waals surface area contributed by atoms with Crippen LogP contribution in [-0.4, -0.2) is 24.2 Å². The lowest BCUT2D eigenvalue weighted by atomic mass is 10.1. The number of halogens is 1. The molecule has 6 heteroatoms. The molecule has 0 aliphatic rings. The Kier molecular flexibility index (Phi) is 6.55. The van der Waals surface area contributed by atoms with E-state index in [0.29, 0.717) is 17.9 Å². The van der Waals surface area contributed by atoms with Gasteiger partial charge in [-0.3, -0.25) is 9.59 Å². The Hall–Kier alpha value is -1.69. The highest BCUT2D eigenvalue weighted by Crippen LogP contribution is 2.17. The number of hydrazone groups is 1. The van der Waals surface area contributed by atoms with Crippen LogP contribution in [0.15, 0.2) is 27.8 Å². The normalized spacial score (nSPS) is 12.7. The number of ether oxygens (including phenoxy) is 1. The molecule has 0 radical (unpaired) electrons. The first-order chi connectivity index (χ1) is 9.86. The standard InChI is InChI=1S/C15H19BrN2O3/c1-5-21-15(20)10(3)11(4)17-18-14(19)12-7-6-9(2)13(16)8-12/h6-8,10H,5H2,1-4H3,(H,18,19). The van der Waals surface area contributed by atoms with Gasteiger partial charge in [0.2, 0.25) is 0 Å². The third kappa shape index (κ3) is 4.97. The quantitative estimate of drug-likeness (QED) is 0.501. The van der Waals surface area contributed by atoms with Crippen molar-refractivity contribution in [2.24, 2.45) is 11.0 Å². The van der Waals surface area contributed by atoms with Gasteiger partial charge >= 0.3 is 5.97 Å². The molecule has 0 aliphatic heterocycles. The first-order valence-electron chi connectivity index (χ1n) is 6.64. The van der Waals surface area contributed by atoms with E-state index in [1.807, 2.05) is 13.0 Å². The number of amides is 1. The molecule has 1 aromatic carbocycles. The van der Waals surface area contributed by atoms with E-state index in [4.69, 9.17) is 4.74 Å². The SMILES string of the molecule is CCOC(=O)C(C)C(C)=NNC(=O)c1ccc(C)c(Br)c1. The number of benzene rings is 1. The van der Waals surface area contributed by atoms with Crippen LogP contribution in [0.4, 0.5) is 0 Å². The first kappa shape index (κ1) is 17.4. The van der Waals surface area contributed by atoms with Crippen molar-refractivity contribution in [3.8, 4) is 0 Å². The molecular formula is C15H19BrN2O3. The average molecular weight is 355 g/mol. The molecule has 0 fully saturated rings. The molecule has 1 atom stereocenters. The summed E-state index contributed by atoms with van der Waals surface area (Å²) in [6.07, 6.45) is 0. The summed E-state index contributed by atoms with van der Waals surface area (Å²) >= 11 is 3.38. The lowest BCUT2D eigenvalue weighted by Crippen LogP contribution is -2.25. The number of carbonyl (C=O) groups excluding carboxylic acids is 2. The van der Waals surface area contributed by atoms with Crippen LogP contribution in [0.25, 0.3) is 0 Å². The van der Waals surface area contributed by atoms with Gasteiger partial charge in [0.1, 0.15) is 0 Å². The van der Waals surface area contributed by atoms with Crippen LogP contribution >= 0.6 is 15.9 Å². The van der Waals surface area contributed by atoms with Crippen molar-refractivity contribution < 1.29 is 14.3 Å². The Balaban J connectivity index is 2.72. The van der Waals surface area contributed by atoms with E-state index in [9.17, 15) is 9.59 Å². The molecule has 0 saturated carbocycles. The number of nitrogens with zero attached hydrogens (tertiary/aromatic N) is 1. The van der Waals surface area contributed by atoms with Crippen LogP contribution in [0.1, 0.15) is 36.7 Å². The first-order valence-corrected chi connectivity index (χ1v) is 7.43. The van der Waals surface area contributed by atoms with Crippen LogP contribution in [0.5, 0.6) is 0 Å². The van der Waals surface area contributed by atoms with Gasteiger partial charge in [-0.15, -0.1) is 0 Å². The van der Waals surface area contributed by atoms with Gasteiger partial charge in [0.05, 0.1) is 12.5 Å². The molecular weight excluding hydrogens is 336 g/mol. The summed E-state index contributed by atoms with van der Waals surface area (Å²) in [5, 5.41) is 3.96. The second-order valence-corrected chi connectivity index (χ2v) is 5.49. The zero-order valence-electron chi connectivity index (χ0n) is 12.6. The molecule has 1 rings (SSSR count). The predicted octanol–water partition coefficient (Wildman–Crippen LogP) is 3.06. The van der Waals surface area contributed by atoms with Gasteiger partial charge < -0.3 is 4.74 Å². The van der Waals surface area contributed by atoms with Gasteiger partial charge in [-0.25, -0.2) is 5.43 Å². The molecule has 0 aliphatic carbocycles. The van der Waals surface area contributed by atoms with Gasteiger partial charge in [0.25, 0.3) is 5.91 Å². The summed E-state index contributed by atoms with van der Waals surface area (Å²) in [6, 6.07) is 5.29. The molecule has 21 heavy (non-hydrogen) atoms. The topological polar surface area (TPSA) is 67.8 Å². The zero-order valence-corrected chi connectivity index (χ0v) is 14.2. The fourth-order valence-corrected chi connectivity index (χ4v) is 1.85. The number of hydrogen-bond donors (Lipinski definition) is 1. The zero-order chi connectivity index (χ0) is 16.0. The monoisotopic (exact) mass is 354 g/mol. The van der Waals surface area contributed by atoms with Crippen LogP contribution < -0.4 is 5.43 Å². The predicted molar refractivity (Wildman–Crippen MR) is 85.3 cm³/mol. The van der Waals surface area contributed by atoms with Gasteiger partial charge in [-0.05, 0) is 45.4 Å². The van der Waals surface area contributed by atoms with Gasteiger partial charge in [-0.2, -0.15) is 5.10 Å². The Labute approximate surface area is 132 Å². The highest BCUT2D eigenvalue weighted by atomic mass is 79.9. The van der Waals surface area contributed by atoms with E-state index in [-0.39, 0.29) is 11.9 Å². The van der Waals surface area contributed by atoms with Gasteiger partial charge in [0.15, 0.2) is 0 Å². The van der Waals surface area contributed by atoms with Crippen molar-refractivity contribution in [3.63, 3.8) is 0 Å². The fourth-order valence-electron chi connectivity index (χ4n) is 1.47. The summed E-state index contributed by atoms with van der Waals surface area (Å²) in [6.45, 7) is 7.36. The summed E-state index contributed by atoms with van der Waals surface area (Å²) in [4.78, 5) is 23.5. The molecule has 0 saturated heterocycles. The lowest BCUT2D eigenvalue weighted by Gasteiger charge is -2.10. The number of nitrogens with one attached hydrogen (secondary N) is 1. The molecule has 0 bridgehead atoms. The van der Waals surface area contributed by atoms with Crippen molar-refractivity contribution in [1.82, 2.24) is 5.43 Å². The Morgan fingerprint density at radius 2 is 2.10 bits per heavy atom. The smallest absolute Gasteiger partial charge is 0.314 e. The third-order valence-corrected chi connectivity index (χ3v) is 3.89. The Morgan fingerprint density at radius 1 is 1.43 bits per heavy atom. The maximum absolute atomic E-state index is 12.0. The molecule has 1 aromatic rings. The maximum atomic E-state index is 12.0. The second kappa shape index (κ2) is 7.93. The Bertz CT molecular complexity index is 570. The molecule has 1 N–H and O–H groups in total. The van der Waals surface area contributed by atoms with Crippen molar-refractivity contribution in [2.75, 3.05) is 6.61 Å². The summed E-state index contributed by atoms with van der Waals surface area (Å²) in [7, 11) is 0. The molecule has 1 unspecified atom stereocenters. The van der Waals surface area contributed by atoms with Crippen LogP contribution in [0.2, 0.25) is 0 Å². The van der Waals surface area contributed by atoms with Crippen LogP contribution in [0, 0.1) is 12.8 Å². The molecule has 0 spiro atoms. The molecule has 5 nitrogen and oxygen atoms in total. The highest BCUT2D eigenvalue weighted by molar-refractivity contribution is 9.10. The number of carbonyl (C=O) groups is 2. The van der Waals surface area contributed by atoms with Gasteiger partial charge in [0, 0.05) is 15.7 Å². The number of esters is 1. The van der Waals surface area contributed by atoms with Crippen molar-refractivity contribution in [3.05, 3.63) is 33.8 Å². The van der Waals surface area contributed by atoms with Gasteiger partial charge in [-0.1, -0.05) is 22.0 Å². The van der Waals surface area contributed by atoms with Crippen molar-refractivity contribution >= 4 is 33.5 Å². The minimum Gasteiger partial charge on any atom is -0.465 e. The highest BCUT2D eigenvalue weighted by Gasteiger charge is 2.17. The summed E-state index contributed by atoms with van der Waals surface area (Å²) in [5.74, 6) is -1.17. The van der Waals surface area contributed by atoms with E-state index in [2.05, 4.69) is 26.5 Å². The minimum atomic E-state index is -0.491. The molecule has 114 valence electrons. The molecule has 1 amide bonds. The third-order valence-electron chi connectivity index (χ3n) is 3.03. The van der Waals surface area contributed by atoms with E-state index in [1.165, 1.54) is 0 Å². The fraction of sp³-hybridized carbons (Fsp3) is 0.400. The second-order valence-electron chi connectivity index (χ2n) is 4.63. The molecule has 0 aromatic heterocycles. The maximum Gasteiger partial charge on any atom is 0.314 e. The summed E-state index contributed by atoms with van der Waals surface area (Å²) in [5.41, 5.74) is 4.47. The largest absolute Gasteiger partial charge is 0.465 e. The average Bonchev–Trinajstić information content (AvgIpc) is 2.46. The van der Waals surface area contributed by atoms with E-state index in [1.54, 1.807) is 32.9 Å². The van der Waals surface area contributed by atoms with E-state index < -0.39 is 5.92 Å². The number of aryl methyl sites for hydroxylation is 1. The van der Waals surface area contributed by atoms with Crippen LogP contribution in [0.3, 0.4) is 0 Å². The van der Waals surface area contributed by atoms with Crippen molar-refractivity contribution in [2.45, 2.75) is 27.7 Å². The summed E-state index contributed by atoms with van der Waals surface area (Å²) < 4.78 is 5.76. The minimum absolute atomic E-state index is 0.320. The number of rotatable bonds is 5. The molecule has 0 heterocycles. The van der Waals surface area contributed by atoms with E-state index >= 15 is 0 Å². The number of hydrogen-bond acceptors (Lipinski definition) is 4. The Morgan fingerprint density at radius 3 is 2.67 bits per heavy atom. The van der Waals surface area contributed by atoms with E-state index in [0.717, 1.165) is 10.0 Å².